The van der Waals surface area contributed by atoms with E-state index < -0.39 is 48.2 Å². The van der Waals surface area contributed by atoms with Gasteiger partial charge in [-0.3, -0.25) is 0 Å². The lowest BCUT2D eigenvalue weighted by Gasteiger charge is -2.68. The van der Waals surface area contributed by atoms with Gasteiger partial charge in [-0.25, -0.2) is 4.89 Å². The highest BCUT2D eigenvalue weighted by Crippen LogP contribution is 2.69. The van der Waals surface area contributed by atoms with Crippen LogP contribution in [0.5, 0.6) is 0 Å². The van der Waals surface area contributed by atoms with Gasteiger partial charge in [0.05, 0.1) is 6.61 Å². The van der Waals surface area contributed by atoms with Crippen LogP contribution in [0.1, 0.15) is 43.2 Å². The van der Waals surface area contributed by atoms with Crippen molar-refractivity contribution in [3.8, 4) is 0 Å². The minimum atomic E-state index is -2.32. The Morgan fingerprint density at radius 1 is 0.970 bits per heavy atom. The van der Waals surface area contributed by atoms with Crippen molar-refractivity contribution < 1.29 is 44.8 Å². The second-order valence-corrected chi connectivity index (χ2v) is 10.6. The van der Waals surface area contributed by atoms with Crippen molar-refractivity contribution in [3.63, 3.8) is 0 Å². The maximum Gasteiger partial charge on any atom is 0.260 e. The summed E-state index contributed by atoms with van der Waals surface area (Å²) in [4.78, 5) is 11.8. The fourth-order valence-corrected chi connectivity index (χ4v) is 7.75. The number of ether oxygens (including phenoxy) is 2. The van der Waals surface area contributed by atoms with E-state index in [1.165, 1.54) is 12.5 Å². The molecule has 6 atom stereocenters. The first-order chi connectivity index (χ1) is 15.8. The first-order valence-corrected chi connectivity index (χ1v) is 11.9. The highest BCUT2D eigenvalue weighted by atomic mass is 17.3. The normalized spacial score (nSPS) is 52.8. The van der Waals surface area contributed by atoms with Crippen molar-refractivity contribution in [2.45, 2.75) is 73.7 Å². The molecule has 9 heteroatoms. The lowest BCUT2D eigenvalue weighted by Crippen LogP contribution is -2.76. The van der Waals surface area contributed by atoms with E-state index in [4.69, 9.17) is 19.2 Å². The van der Waals surface area contributed by atoms with Crippen LogP contribution < -0.4 is 0 Å². The highest BCUT2D eigenvalue weighted by molar-refractivity contribution is 5.37. The summed E-state index contributed by atoms with van der Waals surface area (Å²) in [6, 6.07) is 6.65. The molecular weight excluding hydrogens is 432 g/mol. The van der Waals surface area contributed by atoms with E-state index in [9.17, 15) is 25.5 Å². The van der Waals surface area contributed by atoms with Gasteiger partial charge < -0.3 is 35.0 Å². The van der Waals surface area contributed by atoms with E-state index in [-0.39, 0.29) is 5.56 Å². The van der Waals surface area contributed by atoms with Crippen molar-refractivity contribution >= 4 is 0 Å². The molecule has 2 aliphatic heterocycles. The van der Waals surface area contributed by atoms with Crippen LogP contribution in [0.25, 0.3) is 0 Å². The van der Waals surface area contributed by atoms with Gasteiger partial charge in [-0.05, 0) is 67.4 Å². The number of aliphatic hydroxyl groups excluding tert-OH is 4. The van der Waals surface area contributed by atoms with E-state index in [0.717, 1.165) is 37.5 Å². The third-order valence-corrected chi connectivity index (χ3v) is 9.17. The van der Waals surface area contributed by atoms with E-state index in [2.05, 4.69) is 0 Å². The summed E-state index contributed by atoms with van der Waals surface area (Å²) in [6.07, 6.45) is -0.881. The second-order valence-electron chi connectivity index (χ2n) is 10.6. The van der Waals surface area contributed by atoms with Gasteiger partial charge in [0.15, 0.2) is 17.5 Å². The Balaban J connectivity index is 1.40. The van der Waals surface area contributed by atoms with Gasteiger partial charge in [0.25, 0.3) is 5.79 Å². The van der Waals surface area contributed by atoms with Gasteiger partial charge in [0, 0.05) is 12.7 Å². The molecular formula is C24H32O9. The van der Waals surface area contributed by atoms with Gasteiger partial charge >= 0.3 is 0 Å². The summed E-state index contributed by atoms with van der Waals surface area (Å²) in [6.45, 7) is -0.614. The van der Waals surface area contributed by atoms with Crippen molar-refractivity contribution in [1.29, 1.82) is 0 Å². The minimum absolute atomic E-state index is 0.140. The van der Waals surface area contributed by atoms with Gasteiger partial charge in [-0.15, -0.1) is 0 Å². The molecule has 6 unspecified atom stereocenters. The van der Waals surface area contributed by atoms with Crippen LogP contribution in [0.15, 0.2) is 24.3 Å². The molecule has 0 aromatic heterocycles. The predicted octanol–water partition coefficient (Wildman–Crippen LogP) is 0.261. The van der Waals surface area contributed by atoms with E-state index in [1.807, 2.05) is 6.07 Å². The molecule has 1 spiro atoms. The molecule has 6 fully saturated rings. The van der Waals surface area contributed by atoms with Gasteiger partial charge in [0.1, 0.15) is 18.3 Å². The molecule has 0 amide bonds. The molecule has 4 bridgehead atoms. The lowest BCUT2D eigenvalue weighted by molar-refractivity contribution is -0.645. The largest absolute Gasteiger partial charge is 0.394 e. The Morgan fingerprint density at radius 3 is 2.15 bits per heavy atom. The molecule has 7 rings (SSSR count). The van der Waals surface area contributed by atoms with Gasteiger partial charge in [0.2, 0.25) is 0 Å². The van der Waals surface area contributed by atoms with E-state index in [1.54, 1.807) is 19.2 Å². The first kappa shape index (κ1) is 22.3. The van der Waals surface area contributed by atoms with Crippen molar-refractivity contribution in [3.05, 3.63) is 35.4 Å². The smallest absolute Gasteiger partial charge is 0.260 e. The SMILES string of the molecule is COC1(c2cccc(C3(O)C(O)OC(CO)C(O)C3O)c2)OOC12C1CC3CC(C1)CC2C3. The minimum Gasteiger partial charge on any atom is -0.394 e. The first-order valence-electron chi connectivity index (χ1n) is 11.9. The number of rotatable bonds is 4. The predicted molar refractivity (Wildman–Crippen MR) is 111 cm³/mol. The van der Waals surface area contributed by atoms with Crippen LogP contribution in [0.2, 0.25) is 0 Å². The second kappa shape index (κ2) is 7.43. The number of benzene rings is 1. The molecule has 2 heterocycles. The van der Waals surface area contributed by atoms with Crippen LogP contribution in [0.4, 0.5) is 0 Å². The molecule has 182 valence electrons. The molecule has 4 aliphatic carbocycles. The van der Waals surface area contributed by atoms with E-state index >= 15 is 0 Å². The van der Waals surface area contributed by atoms with Crippen molar-refractivity contribution in [2.75, 3.05) is 13.7 Å². The van der Waals surface area contributed by atoms with Gasteiger partial charge in [-0.1, -0.05) is 18.2 Å². The molecule has 5 N–H and O–H groups in total. The van der Waals surface area contributed by atoms with Crippen molar-refractivity contribution in [2.24, 2.45) is 23.7 Å². The van der Waals surface area contributed by atoms with Crippen LogP contribution in [0, 0.1) is 23.7 Å². The summed E-state index contributed by atoms with van der Waals surface area (Å²) in [5, 5.41) is 52.3. The Bertz CT molecular complexity index is 891. The Hall–Kier alpha value is -1.14. The molecule has 9 nitrogen and oxygen atoms in total. The standard InChI is InChI=1S/C24H32O9/c1-30-24(23(32-33-24)16-6-12-5-13(8-16)9-17(23)7-12)15-4-2-3-14(10-15)22(29)20(27)19(26)18(11-25)31-21(22)28/h2-4,10,12-13,16-21,25-29H,5-9,11H2,1H3. The summed E-state index contributed by atoms with van der Waals surface area (Å²) in [7, 11) is 1.58. The van der Waals surface area contributed by atoms with Crippen LogP contribution in [-0.4, -0.2) is 69.5 Å². The van der Waals surface area contributed by atoms with Crippen LogP contribution >= 0.6 is 0 Å². The lowest BCUT2D eigenvalue weighted by atomic mass is 9.47. The monoisotopic (exact) mass is 464 g/mol. The fraction of sp³-hybridized carbons (Fsp3) is 0.750. The molecule has 33 heavy (non-hydrogen) atoms. The average Bonchev–Trinajstić information content (AvgIpc) is 2.80. The summed E-state index contributed by atoms with van der Waals surface area (Å²) < 4.78 is 11.3. The van der Waals surface area contributed by atoms with Crippen molar-refractivity contribution in [1.82, 2.24) is 0 Å². The number of hydrogen-bond donors (Lipinski definition) is 5. The molecule has 6 aliphatic rings. The Morgan fingerprint density at radius 2 is 1.61 bits per heavy atom. The zero-order valence-electron chi connectivity index (χ0n) is 18.5. The summed E-state index contributed by atoms with van der Waals surface area (Å²) >= 11 is 0. The topological polar surface area (TPSA) is 138 Å². The van der Waals surface area contributed by atoms with E-state index in [0.29, 0.717) is 17.4 Å². The summed E-state index contributed by atoms with van der Waals surface area (Å²) in [5.41, 5.74) is -2.20. The molecule has 1 aromatic rings. The molecule has 4 saturated carbocycles. The maximum absolute atomic E-state index is 11.3. The quantitative estimate of drug-likeness (QED) is 0.397. The fourth-order valence-electron chi connectivity index (χ4n) is 7.75. The molecule has 0 radical (unpaired) electrons. The number of hydrogen-bond acceptors (Lipinski definition) is 9. The molecule has 2 saturated heterocycles. The Labute approximate surface area is 191 Å². The third-order valence-electron chi connectivity index (χ3n) is 9.17. The summed E-state index contributed by atoms with van der Waals surface area (Å²) in [5.74, 6) is 0.856. The third kappa shape index (κ3) is 2.68. The maximum atomic E-state index is 11.3. The zero-order chi connectivity index (χ0) is 23.2. The van der Waals surface area contributed by atoms with Gasteiger partial charge in [-0.2, -0.15) is 4.89 Å². The highest BCUT2D eigenvalue weighted by Gasteiger charge is 2.76. The van der Waals surface area contributed by atoms with Crippen LogP contribution in [-0.2, 0) is 30.6 Å². The Kier molecular flexibility index (Phi) is 5.03. The zero-order valence-corrected chi connectivity index (χ0v) is 18.5. The average molecular weight is 465 g/mol. The van der Waals surface area contributed by atoms with Crippen LogP contribution in [0.3, 0.4) is 0 Å². The number of aliphatic hydroxyl groups is 5. The molecule has 1 aromatic carbocycles. The number of methoxy groups -OCH3 is 1.